The van der Waals surface area contributed by atoms with Crippen molar-refractivity contribution in [3.63, 3.8) is 0 Å². The second-order valence-corrected chi connectivity index (χ2v) is 5.33. The number of carbonyl (C=O) groups is 1. The molecule has 2 aliphatic heterocycles. The first-order chi connectivity index (χ1) is 9.16. The van der Waals surface area contributed by atoms with Gasteiger partial charge in [-0.15, -0.1) is 0 Å². The van der Waals surface area contributed by atoms with Crippen molar-refractivity contribution < 1.29 is 9.53 Å². The first kappa shape index (κ1) is 12.5. The van der Waals surface area contributed by atoms with Crippen molar-refractivity contribution in [2.45, 2.75) is 33.2 Å². The van der Waals surface area contributed by atoms with Gasteiger partial charge in [0.05, 0.1) is 11.1 Å². The highest BCUT2D eigenvalue weighted by Crippen LogP contribution is 2.38. The summed E-state index contributed by atoms with van der Waals surface area (Å²) in [6.45, 7) is 6.73. The fourth-order valence-corrected chi connectivity index (χ4v) is 2.88. The van der Waals surface area contributed by atoms with Gasteiger partial charge < -0.3 is 15.4 Å². The summed E-state index contributed by atoms with van der Waals surface area (Å²) in [6.07, 6.45) is 1.55. The highest BCUT2D eigenvalue weighted by molar-refractivity contribution is 6.00. The van der Waals surface area contributed by atoms with Crippen molar-refractivity contribution in [3.05, 3.63) is 5.69 Å². The zero-order chi connectivity index (χ0) is 13.5. The highest BCUT2D eigenvalue weighted by atomic mass is 16.5. The molecule has 0 radical (unpaired) electrons. The van der Waals surface area contributed by atoms with Crippen LogP contribution in [0.5, 0.6) is 0 Å². The van der Waals surface area contributed by atoms with E-state index in [9.17, 15) is 4.79 Å². The Kier molecular flexibility index (Phi) is 2.97. The molecule has 1 aromatic rings. The molecule has 0 atom stereocenters. The predicted octanol–water partition coefficient (Wildman–Crippen LogP) is 1.37. The van der Waals surface area contributed by atoms with Gasteiger partial charge in [-0.05, 0) is 26.7 Å². The summed E-state index contributed by atoms with van der Waals surface area (Å²) in [4.78, 5) is 12.6. The molecular weight excluding hydrogens is 244 g/mol. The van der Waals surface area contributed by atoms with Gasteiger partial charge in [-0.3, -0.25) is 4.79 Å². The number of amides is 1. The average Bonchev–Trinajstić information content (AvgIpc) is 2.66. The van der Waals surface area contributed by atoms with E-state index in [4.69, 9.17) is 4.74 Å². The molecule has 2 N–H and O–H groups in total. The van der Waals surface area contributed by atoms with E-state index in [0.717, 1.165) is 36.6 Å². The van der Waals surface area contributed by atoms with Crippen LogP contribution in [0.1, 0.15) is 25.5 Å². The number of nitrogens with one attached hydrogen (secondary N) is 2. The first-order valence-electron chi connectivity index (χ1n) is 6.87. The molecule has 1 aromatic heterocycles. The lowest BCUT2D eigenvalue weighted by molar-refractivity contribution is -0.129. The van der Waals surface area contributed by atoms with Crippen LogP contribution in [0.15, 0.2) is 0 Å². The summed E-state index contributed by atoms with van der Waals surface area (Å²) in [5.41, 5.74) is 1.35. The fraction of sp³-hybridized carbons (Fsp3) is 0.692. The maximum absolute atomic E-state index is 12.6. The van der Waals surface area contributed by atoms with E-state index in [1.807, 2.05) is 18.5 Å². The van der Waals surface area contributed by atoms with Gasteiger partial charge in [0, 0.05) is 26.3 Å². The average molecular weight is 264 g/mol. The van der Waals surface area contributed by atoms with Crippen molar-refractivity contribution in [3.8, 4) is 0 Å². The molecule has 1 saturated heterocycles. The summed E-state index contributed by atoms with van der Waals surface area (Å²) < 4.78 is 7.29. The molecule has 104 valence electrons. The Morgan fingerprint density at radius 1 is 1.42 bits per heavy atom. The van der Waals surface area contributed by atoms with Crippen LogP contribution in [-0.2, 0) is 16.1 Å². The van der Waals surface area contributed by atoms with Gasteiger partial charge in [-0.1, -0.05) is 0 Å². The molecule has 1 amide bonds. The monoisotopic (exact) mass is 264 g/mol. The van der Waals surface area contributed by atoms with Crippen molar-refractivity contribution in [2.75, 3.05) is 30.4 Å². The summed E-state index contributed by atoms with van der Waals surface area (Å²) in [6, 6.07) is 0. The van der Waals surface area contributed by atoms with Gasteiger partial charge >= 0.3 is 0 Å². The van der Waals surface area contributed by atoms with Crippen LogP contribution < -0.4 is 10.6 Å². The smallest absolute Gasteiger partial charge is 0.232 e. The lowest BCUT2D eigenvalue weighted by Crippen LogP contribution is -2.44. The summed E-state index contributed by atoms with van der Waals surface area (Å²) in [7, 11) is 0. The molecule has 1 fully saturated rings. The van der Waals surface area contributed by atoms with E-state index < -0.39 is 0 Å². The number of nitrogens with zero attached hydrogens (tertiary/aromatic N) is 2. The van der Waals surface area contributed by atoms with Crippen LogP contribution in [0.2, 0.25) is 0 Å². The minimum Gasteiger partial charge on any atom is -0.381 e. The van der Waals surface area contributed by atoms with Crippen LogP contribution in [0, 0.1) is 12.3 Å². The summed E-state index contributed by atoms with van der Waals surface area (Å²) in [5, 5.41) is 10.9. The molecule has 3 heterocycles. The Labute approximate surface area is 112 Å². The highest BCUT2D eigenvalue weighted by Gasteiger charge is 2.42. The topological polar surface area (TPSA) is 68.2 Å². The first-order valence-corrected chi connectivity index (χ1v) is 6.87. The molecule has 0 aliphatic carbocycles. The number of aryl methyl sites for hydroxylation is 2. The number of hydrogen-bond acceptors (Lipinski definition) is 4. The van der Waals surface area contributed by atoms with E-state index >= 15 is 0 Å². The molecule has 1 spiro atoms. The second-order valence-electron chi connectivity index (χ2n) is 5.33. The number of aromatic nitrogens is 2. The van der Waals surface area contributed by atoms with E-state index in [0.29, 0.717) is 19.8 Å². The van der Waals surface area contributed by atoms with Crippen molar-refractivity contribution in [1.29, 1.82) is 0 Å². The minimum absolute atomic E-state index is 0.0980. The Balaban J connectivity index is 1.95. The van der Waals surface area contributed by atoms with Crippen LogP contribution in [-0.4, -0.2) is 35.4 Å². The fourth-order valence-electron chi connectivity index (χ4n) is 2.88. The number of ether oxygens (including phenoxy) is 1. The molecule has 2 aliphatic rings. The maximum Gasteiger partial charge on any atom is 0.232 e. The third-order valence-electron chi connectivity index (χ3n) is 4.19. The lowest BCUT2D eigenvalue weighted by atomic mass is 9.79. The second kappa shape index (κ2) is 4.52. The molecule has 19 heavy (non-hydrogen) atoms. The van der Waals surface area contributed by atoms with E-state index in [2.05, 4.69) is 15.7 Å². The SMILES string of the molecule is CCn1nc(C)c2c1NCC1(CCOCC1)C(=O)N2. The van der Waals surface area contributed by atoms with E-state index in [1.165, 1.54) is 0 Å². The van der Waals surface area contributed by atoms with E-state index in [1.54, 1.807) is 0 Å². The number of anilines is 2. The van der Waals surface area contributed by atoms with Gasteiger partial charge in [0.15, 0.2) is 0 Å². The number of fused-ring (bicyclic) bond motifs is 1. The Morgan fingerprint density at radius 3 is 2.84 bits per heavy atom. The standard InChI is InChI=1S/C13H20N4O2/c1-3-17-11-10(9(2)16-17)15-12(18)13(8-14-11)4-6-19-7-5-13/h14H,3-8H2,1-2H3,(H,15,18). The van der Waals surface area contributed by atoms with E-state index in [-0.39, 0.29) is 11.3 Å². The zero-order valence-corrected chi connectivity index (χ0v) is 11.5. The molecule has 0 unspecified atom stereocenters. The van der Waals surface area contributed by atoms with Gasteiger partial charge in [0.2, 0.25) is 5.91 Å². The normalized spacial score (nSPS) is 21.5. The van der Waals surface area contributed by atoms with Gasteiger partial charge in [-0.25, -0.2) is 4.68 Å². The lowest BCUT2D eigenvalue weighted by Gasteiger charge is -2.34. The molecule has 6 nitrogen and oxygen atoms in total. The van der Waals surface area contributed by atoms with Crippen LogP contribution >= 0.6 is 0 Å². The Hall–Kier alpha value is -1.56. The molecule has 0 bridgehead atoms. The molecular formula is C13H20N4O2. The summed E-state index contributed by atoms with van der Waals surface area (Å²) >= 11 is 0. The third kappa shape index (κ3) is 1.90. The van der Waals surface area contributed by atoms with Crippen molar-refractivity contribution in [2.24, 2.45) is 5.41 Å². The minimum atomic E-state index is -0.345. The van der Waals surface area contributed by atoms with Crippen LogP contribution in [0.25, 0.3) is 0 Å². The molecule has 6 heteroatoms. The van der Waals surface area contributed by atoms with Gasteiger partial charge in [0.1, 0.15) is 11.5 Å². The molecule has 0 saturated carbocycles. The largest absolute Gasteiger partial charge is 0.381 e. The third-order valence-corrected chi connectivity index (χ3v) is 4.19. The number of rotatable bonds is 1. The number of carbonyl (C=O) groups excluding carboxylic acids is 1. The summed E-state index contributed by atoms with van der Waals surface area (Å²) in [5.74, 6) is 1.03. The van der Waals surface area contributed by atoms with Crippen molar-refractivity contribution in [1.82, 2.24) is 9.78 Å². The predicted molar refractivity (Wildman–Crippen MR) is 72.2 cm³/mol. The van der Waals surface area contributed by atoms with Gasteiger partial charge in [0.25, 0.3) is 0 Å². The Morgan fingerprint density at radius 2 is 2.16 bits per heavy atom. The van der Waals surface area contributed by atoms with Crippen LogP contribution in [0.3, 0.4) is 0 Å². The van der Waals surface area contributed by atoms with Gasteiger partial charge in [-0.2, -0.15) is 5.10 Å². The maximum atomic E-state index is 12.6. The van der Waals surface area contributed by atoms with Crippen molar-refractivity contribution >= 4 is 17.4 Å². The Bertz CT molecular complexity index is 503. The quantitative estimate of drug-likeness (QED) is 0.804. The van der Waals surface area contributed by atoms with Crippen LogP contribution in [0.4, 0.5) is 11.5 Å². The molecule has 0 aromatic carbocycles. The molecule has 3 rings (SSSR count). The zero-order valence-electron chi connectivity index (χ0n) is 11.5. The number of hydrogen-bond donors (Lipinski definition) is 2.